The molecule has 3 aliphatic rings. The average Bonchev–Trinajstić information content (AvgIpc) is 3.24. The molecule has 0 bridgehead atoms. The van der Waals surface area contributed by atoms with Gasteiger partial charge >= 0.3 is 17.9 Å². The van der Waals surface area contributed by atoms with Gasteiger partial charge in [-0.05, 0) is 17.7 Å². The van der Waals surface area contributed by atoms with Crippen LogP contribution in [-0.4, -0.2) is 119 Å². The van der Waals surface area contributed by atoms with E-state index in [0.717, 1.165) is 0 Å². The van der Waals surface area contributed by atoms with Crippen molar-refractivity contribution in [3.8, 4) is 11.5 Å². The second kappa shape index (κ2) is 11.0. The minimum absolute atomic E-state index is 0.0340. The number of allylic oxidation sites excluding steroid dienone is 2. The Balaban J connectivity index is 1.69. The lowest BCUT2D eigenvalue weighted by atomic mass is 9.99. The molecule has 7 unspecified atom stereocenters. The number of carboxylic acid groups (broad SMARTS) is 3. The van der Waals surface area contributed by atoms with Crippen LogP contribution in [0.4, 0.5) is 5.69 Å². The van der Waals surface area contributed by atoms with E-state index in [9.17, 15) is 55.2 Å². The average molecular weight is 551 g/mol. The molecule has 1 fully saturated rings. The number of carbonyl (C=O) groups is 3. The summed E-state index contributed by atoms with van der Waals surface area (Å²) in [4.78, 5) is 34.9. The Morgan fingerprint density at radius 1 is 1.05 bits per heavy atom. The summed E-state index contributed by atoms with van der Waals surface area (Å²) in [6.07, 6.45) is -4.14. The lowest BCUT2D eigenvalue weighted by Crippen LogP contribution is -2.60. The number of nitrogens with zero attached hydrogens (tertiary/aromatic N) is 1. The van der Waals surface area contributed by atoms with Crippen LogP contribution < -0.4 is 10.1 Å². The SMILES string of the molecule is O=C(O)C1=CC(=CC=[N+]2c3cc(OC4OC(CO)C(O)C(O)C4O)c(O)cc3CC2C(=O)O)CC(C(=O)O)N1. The van der Waals surface area contributed by atoms with Crippen molar-refractivity contribution >= 4 is 29.8 Å². The topological polar surface area (TPSA) is 247 Å². The maximum Gasteiger partial charge on any atom is 0.373 e. The summed E-state index contributed by atoms with van der Waals surface area (Å²) < 4.78 is 12.2. The molecular weight excluding hydrogens is 524 g/mol. The van der Waals surface area contributed by atoms with Gasteiger partial charge in [0.05, 0.1) is 19.1 Å². The van der Waals surface area contributed by atoms with Gasteiger partial charge < -0.3 is 55.6 Å². The number of phenolic OH excluding ortho intramolecular Hbond substituents is 1. The van der Waals surface area contributed by atoms with Crippen molar-refractivity contribution in [2.45, 2.75) is 55.6 Å². The molecule has 210 valence electrons. The number of rotatable bonds is 7. The van der Waals surface area contributed by atoms with Gasteiger partial charge in [0.25, 0.3) is 6.04 Å². The maximum atomic E-state index is 12.0. The molecule has 0 amide bonds. The van der Waals surface area contributed by atoms with E-state index in [2.05, 4.69) is 5.32 Å². The molecule has 0 aromatic heterocycles. The van der Waals surface area contributed by atoms with Gasteiger partial charge in [-0.1, -0.05) is 0 Å². The molecule has 0 saturated carbocycles. The van der Waals surface area contributed by atoms with E-state index >= 15 is 0 Å². The normalized spacial score (nSPS) is 32.3. The van der Waals surface area contributed by atoms with Crippen molar-refractivity contribution in [3.05, 3.63) is 41.1 Å². The van der Waals surface area contributed by atoms with Crippen LogP contribution in [0.1, 0.15) is 12.0 Å². The second-order valence-corrected chi connectivity index (χ2v) is 9.22. The smallest absolute Gasteiger partial charge is 0.373 e. The predicted molar refractivity (Wildman–Crippen MR) is 127 cm³/mol. The molecule has 15 heteroatoms. The van der Waals surface area contributed by atoms with E-state index in [1.165, 1.54) is 35.1 Å². The van der Waals surface area contributed by atoms with E-state index < -0.39 is 73.1 Å². The Morgan fingerprint density at radius 3 is 2.38 bits per heavy atom. The standard InChI is InChI=1S/C24H26N2O13/c27-8-17-18(29)19(30)20(31)24(39-17)38-16-7-13-10(6-15(16)28)5-14(23(36)37)26(13)2-1-9-3-11(21(32)33)25-12(4-9)22(34)35/h1-3,6-7,12,14,17-20,24,27,29-31H,4-5,8H2,(H4,28,32,33,34,35,36,37)/p+1. The summed E-state index contributed by atoms with van der Waals surface area (Å²) in [7, 11) is 0. The lowest BCUT2D eigenvalue weighted by Gasteiger charge is -2.39. The number of nitrogens with one attached hydrogen (secondary N) is 1. The van der Waals surface area contributed by atoms with Gasteiger partial charge in [0, 0.05) is 18.1 Å². The zero-order valence-electron chi connectivity index (χ0n) is 20.1. The van der Waals surface area contributed by atoms with Crippen molar-refractivity contribution < 1.29 is 69.3 Å². The van der Waals surface area contributed by atoms with Gasteiger partial charge in [0.1, 0.15) is 36.2 Å². The minimum Gasteiger partial charge on any atom is -0.504 e. The molecule has 39 heavy (non-hydrogen) atoms. The van der Waals surface area contributed by atoms with Crippen molar-refractivity contribution in [1.29, 1.82) is 0 Å². The Kier molecular flexibility index (Phi) is 7.89. The predicted octanol–water partition coefficient (Wildman–Crippen LogP) is -2.36. The fourth-order valence-electron chi connectivity index (χ4n) is 4.58. The first kappa shape index (κ1) is 28.0. The first-order valence-corrected chi connectivity index (χ1v) is 11.7. The molecule has 15 nitrogen and oxygen atoms in total. The van der Waals surface area contributed by atoms with Gasteiger partial charge in [-0.3, -0.25) is 0 Å². The monoisotopic (exact) mass is 551 g/mol. The van der Waals surface area contributed by atoms with E-state index in [0.29, 0.717) is 11.1 Å². The number of fused-ring (bicyclic) bond motifs is 1. The van der Waals surface area contributed by atoms with Gasteiger partial charge in [0.15, 0.2) is 17.7 Å². The number of aliphatic hydroxyl groups is 4. The summed E-state index contributed by atoms with van der Waals surface area (Å²) in [5.74, 6) is -4.56. The fourth-order valence-corrected chi connectivity index (χ4v) is 4.58. The third kappa shape index (κ3) is 5.57. The van der Waals surface area contributed by atoms with E-state index in [1.54, 1.807) is 0 Å². The van der Waals surface area contributed by atoms with Crippen molar-refractivity contribution in [3.63, 3.8) is 0 Å². The van der Waals surface area contributed by atoms with Crippen LogP contribution in [0.25, 0.3) is 0 Å². The van der Waals surface area contributed by atoms with Gasteiger partial charge in [-0.2, -0.15) is 4.58 Å². The van der Waals surface area contributed by atoms with Crippen LogP contribution in [0, 0.1) is 0 Å². The van der Waals surface area contributed by atoms with Crippen molar-refractivity contribution in [2.75, 3.05) is 6.61 Å². The zero-order valence-corrected chi connectivity index (χ0v) is 20.1. The summed E-state index contributed by atoms with van der Waals surface area (Å²) in [6.45, 7) is -0.699. The molecule has 0 spiro atoms. The third-order valence-corrected chi connectivity index (χ3v) is 6.64. The minimum atomic E-state index is -1.76. The van der Waals surface area contributed by atoms with E-state index in [1.807, 2.05) is 0 Å². The third-order valence-electron chi connectivity index (χ3n) is 6.64. The first-order chi connectivity index (χ1) is 18.4. The van der Waals surface area contributed by atoms with Crippen LogP contribution in [-0.2, 0) is 25.5 Å². The quantitative estimate of drug-likeness (QED) is 0.161. The zero-order chi connectivity index (χ0) is 28.6. The first-order valence-electron chi connectivity index (χ1n) is 11.7. The van der Waals surface area contributed by atoms with Crippen molar-refractivity contribution in [1.82, 2.24) is 5.32 Å². The Hall–Kier alpha value is -4.02. The largest absolute Gasteiger partial charge is 0.504 e. The number of carboxylic acids is 3. The molecular formula is C24H27N2O13+. The molecule has 1 saturated heterocycles. The second-order valence-electron chi connectivity index (χ2n) is 9.22. The number of hydrogen-bond donors (Lipinski definition) is 9. The number of phenols is 1. The van der Waals surface area contributed by atoms with Crippen LogP contribution in [0.5, 0.6) is 11.5 Å². The molecule has 3 heterocycles. The number of hydrogen-bond acceptors (Lipinski definition) is 11. The molecule has 0 aliphatic carbocycles. The molecule has 3 aliphatic heterocycles. The highest BCUT2D eigenvalue weighted by atomic mass is 16.7. The maximum absolute atomic E-state index is 12.0. The molecule has 1 aromatic rings. The number of ether oxygens (including phenoxy) is 2. The summed E-state index contributed by atoms with van der Waals surface area (Å²) in [6, 6.07) is 0.167. The summed E-state index contributed by atoms with van der Waals surface area (Å²) >= 11 is 0. The van der Waals surface area contributed by atoms with Crippen LogP contribution in [0.2, 0.25) is 0 Å². The summed E-state index contributed by atoms with van der Waals surface area (Å²) in [5, 5.41) is 80.9. The number of aliphatic hydroxyl groups excluding tert-OH is 4. The van der Waals surface area contributed by atoms with Crippen LogP contribution in [0.3, 0.4) is 0 Å². The van der Waals surface area contributed by atoms with Crippen LogP contribution >= 0.6 is 0 Å². The molecule has 9 N–H and O–H groups in total. The molecule has 0 radical (unpaired) electrons. The van der Waals surface area contributed by atoms with Crippen molar-refractivity contribution in [2.24, 2.45) is 0 Å². The van der Waals surface area contributed by atoms with Gasteiger partial charge in [-0.15, -0.1) is 0 Å². The van der Waals surface area contributed by atoms with E-state index in [-0.39, 0.29) is 30.0 Å². The Morgan fingerprint density at radius 2 is 1.77 bits per heavy atom. The Labute approximate surface area is 219 Å². The summed E-state index contributed by atoms with van der Waals surface area (Å²) in [5.41, 5.74) is 0.631. The Bertz CT molecular complexity index is 1270. The number of aliphatic carboxylic acids is 3. The highest BCUT2D eigenvalue weighted by molar-refractivity contribution is 5.89. The fraction of sp³-hybridized carbons (Fsp3) is 0.417. The number of benzene rings is 1. The van der Waals surface area contributed by atoms with Gasteiger partial charge in [0.2, 0.25) is 12.0 Å². The van der Waals surface area contributed by atoms with Crippen LogP contribution in [0.15, 0.2) is 35.6 Å². The lowest BCUT2D eigenvalue weighted by molar-refractivity contribution is -0.456. The van der Waals surface area contributed by atoms with E-state index in [4.69, 9.17) is 9.47 Å². The highest BCUT2D eigenvalue weighted by Gasteiger charge is 2.46. The number of aromatic hydroxyl groups is 1. The molecule has 7 atom stereocenters. The van der Waals surface area contributed by atoms with Gasteiger partial charge in [-0.25, -0.2) is 14.4 Å². The molecule has 1 aromatic carbocycles. The highest BCUT2D eigenvalue weighted by Crippen LogP contribution is 2.40. The molecule has 4 rings (SSSR count).